The molecule has 0 radical (unpaired) electrons. The van der Waals surface area contributed by atoms with Crippen LogP contribution < -0.4 is 0 Å². The van der Waals surface area contributed by atoms with Crippen LogP contribution in [0, 0.1) is 0 Å². The molecule has 5 heteroatoms. The van der Waals surface area contributed by atoms with Crippen molar-refractivity contribution in [2.24, 2.45) is 0 Å². The first kappa shape index (κ1) is 7.66. The SMILES string of the molecule is C[Si](F)(F)C(Cl)Cl. The van der Waals surface area contributed by atoms with E-state index in [1.807, 2.05) is 0 Å². The second kappa shape index (κ2) is 2.28. The summed E-state index contributed by atoms with van der Waals surface area (Å²) in [7, 11) is -4.20. The largest absolute Gasteiger partial charge is 0.453 e. The van der Waals surface area contributed by atoms with Crippen LogP contribution in [0.2, 0.25) is 6.55 Å². The van der Waals surface area contributed by atoms with Crippen molar-refractivity contribution in [3.8, 4) is 0 Å². The molecule has 0 unspecified atom stereocenters. The lowest BCUT2D eigenvalue weighted by molar-refractivity contribution is 0.619. The Morgan fingerprint density at radius 2 is 1.57 bits per heavy atom. The van der Waals surface area contributed by atoms with Crippen LogP contribution in [0.25, 0.3) is 0 Å². The van der Waals surface area contributed by atoms with Gasteiger partial charge in [0.05, 0.1) is 0 Å². The molecule has 7 heavy (non-hydrogen) atoms. The van der Waals surface area contributed by atoms with Crippen LogP contribution in [0.5, 0.6) is 0 Å². The van der Waals surface area contributed by atoms with E-state index in [2.05, 4.69) is 0 Å². The van der Waals surface area contributed by atoms with Crippen LogP contribution in [0.1, 0.15) is 0 Å². The van der Waals surface area contributed by atoms with Crippen molar-refractivity contribution in [3.05, 3.63) is 0 Å². The zero-order valence-electron chi connectivity index (χ0n) is 3.59. The standard InChI is InChI=1S/C2H4Cl2F2Si/c1-7(5,6)2(3)4/h2H,1H3. The maximum atomic E-state index is 11.7. The Bertz CT molecular complexity index is 59.2. The van der Waals surface area contributed by atoms with E-state index in [1.165, 1.54) is 0 Å². The summed E-state index contributed by atoms with van der Waals surface area (Å²) in [6, 6.07) is 0. The monoisotopic (exact) mass is 164 g/mol. The van der Waals surface area contributed by atoms with Crippen molar-refractivity contribution in [3.63, 3.8) is 0 Å². The Kier molecular flexibility index (Phi) is 2.50. The van der Waals surface area contributed by atoms with Gasteiger partial charge in [-0.15, -0.1) is 23.2 Å². The molecule has 0 aliphatic heterocycles. The predicted molar refractivity (Wildman–Crippen MR) is 29.3 cm³/mol. The van der Waals surface area contributed by atoms with Crippen molar-refractivity contribution in [2.45, 2.75) is 11.0 Å². The first-order chi connectivity index (χ1) is 2.94. The molecule has 0 aliphatic rings. The zero-order chi connectivity index (χ0) is 6.08. The first-order valence-corrected chi connectivity index (χ1v) is 4.81. The molecule has 0 aromatic rings. The highest BCUT2D eigenvalue weighted by Crippen LogP contribution is 2.20. The van der Waals surface area contributed by atoms with Gasteiger partial charge in [0.15, 0.2) is 4.46 Å². The third kappa shape index (κ3) is 3.26. The van der Waals surface area contributed by atoms with E-state index in [0.29, 0.717) is 0 Å². The second-order valence-electron chi connectivity index (χ2n) is 1.26. The van der Waals surface area contributed by atoms with E-state index < -0.39 is 13.2 Å². The lowest BCUT2D eigenvalue weighted by Crippen LogP contribution is -2.26. The molecular formula is C2H4Cl2F2Si. The van der Waals surface area contributed by atoms with Gasteiger partial charge in [-0.05, 0) is 6.55 Å². The van der Waals surface area contributed by atoms with Gasteiger partial charge in [-0.1, -0.05) is 0 Å². The number of alkyl halides is 2. The third-order valence-electron chi connectivity index (χ3n) is 0.383. The van der Waals surface area contributed by atoms with E-state index in [4.69, 9.17) is 23.2 Å². The minimum absolute atomic E-state index is 0.803. The van der Waals surface area contributed by atoms with E-state index in [0.717, 1.165) is 6.55 Å². The molecule has 0 fully saturated rings. The second-order valence-corrected chi connectivity index (χ2v) is 5.58. The molecule has 0 aliphatic carbocycles. The lowest BCUT2D eigenvalue weighted by Gasteiger charge is -2.03. The lowest BCUT2D eigenvalue weighted by atomic mass is 11.8. The Hall–Kier alpha value is 0.657. The Balaban J connectivity index is 3.54. The summed E-state index contributed by atoms with van der Waals surface area (Å²) in [6.45, 7) is 0.803. The number of halogens is 4. The van der Waals surface area contributed by atoms with Gasteiger partial charge in [-0.3, -0.25) is 8.22 Å². The number of rotatable bonds is 1. The smallest absolute Gasteiger partial charge is 0.268 e. The Morgan fingerprint density at radius 1 is 1.43 bits per heavy atom. The van der Waals surface area contributed by atoms with E-state index in [-0.39, 0.29) is 0 Å². The van der Waals surface area contributed by atoms with E-state index >= 15 is 0 Å². The number of hydrogen-bond acceptors (Lipinski definition) is 0. The molecule has 0 rings (SSSR count). The van der Waals surface area contributed by atoms with E-state index in [9.17, 15) is 8.22 Å². The Morgan fingerprint density at radius 3 is 1.57 bits per heavy atom. The zero-order valence-corrected chi connectivity index (χ0v) is 6.10. The maximum Gasteiger partial charge on any atom is 0.453 e. The fourth-order valence-electron chi connectivity index (χ4n) is 0. The summed E-state index contributed by atoms with van der Waals surface area (Å²) in [6.07, 6.45) is 0. The van der Waals surface area contributed by atoms with Crippen molar-refractivity contribution in [2.75, 3.05) is 0 Å². The number of hydrogen-bond donors (Lipinski definition) is 0. The fourth-order valence-corrected chi connectivity index (χ4v) is 0. The molecule has 0 N–H and O–H groups in total. The molecule has 0 heterocycles. The van der Waals surface area contributed by atoms with Crippen LogP contribution in [-0.2, 0) is 0 Å². The molecular weight excluding hydrogens is 161 g/mol. The van der Waals surface area contributed by atoms with Crippen LogP contribution in [0.3, 0.4) is 0 Å². The quantitative estimate of drug-likeness (QED) is 0.317. The fraction of sp³-hybridized carbons (Fsp3) is 1.00. The van der Waals surface area contributed by atoms with Gasteiger partial charge >= 0.3 is 8.74 Å². The average Bonchev–Trinajstić information content (AvgIpc) is 1.31. The van der Waals surface area contributed by atoms with Gasteiger partial charge in [-0.2, -0.15) is 0 Å². The molecule has 0 aromatic carbocycles. The molecule has 0 amide bonds. The van der Waals surface area contributed by atoms with Gasteiger partial charge in [0.2, 0.25) is 0 Å². The van der Waals surface area contributed by atoms with Crippen LogP contribution in [-0.4, -0.2) is 13.2 Å². The Labute approximate surface area is 51.8 Å². The van der Waals surface area contributed by atoms with Gasteiger partial charge < -0.3 is 0 Å². The molecule has 0 nitrogen and oxygen atoms in total. The predicted octanol–water partition coefficient (Wildman–Crippen LogP) is 2.34. The van der Waals surface area contributed by atoms with E-state index in [1.54, 1.807) is 0 Å². The molecule has 44 valence electrons. The van der Waals surface area contributed by atoms with Crippen molar-refractivity contribution in [1.82, 2.24) is 0 Å². The summed E-state index contributed by atoms with van der Waals surface area (Å²) >= 11 is 9.66. The average molecular weight is 165 g/mol. The summed E-state index contributed by atoms with van der Waals surface area (Å²) in [4.78, 5) is 0. The van der Waals surface area contributed by atoms with Gasteiger partial charge in [-0.25, -0.2) is 0 Å². The normalized spacial score (nSPS) is 12.9. The summed E-state index contributed by atoms with van der Waals surface area (Å²) in [5.41, 5.74) is 0. The van der Waals surface area contributed by atoms with Crippen molar-refractivity contribution in [1.29, 1.82) is 0 Å². The highest BCUT2D eigenvalue weighted by Gasteiger charge is 2.36. The van der Waals surface area contributed by atoms with Gasteiger partial charge in [0, 0.05) is 0 Å². The highest BCUT2D eigenvalue weighted by molar-refractivity contribution is 6.83. The first-order valence-electron chi connectivity index (χ1n) is 1.60. The topological polar surface area (TPSA) is 0 Å². The molecule has 0 bridgehead atoms. The van der Waals surface area contributed by atoms with Crippen LogP contribution in [0.15, 0.2) is 0 Å². The minimum Gasteiger partial charge on any atom is -0.268 e. The molecule has 0 spiro atoms. The molecule has 0 aromatic heterocycles. The van der Waals surface area contributed by atoms with Crippen LogP contribution in [0.4, 0.5) is 8.22 Å². The van der Waals surface area contributed by atoms with Gasteiger partial charge in [0.1, 0.15) is 0 Å². The molecule has 0 saturated heterocycles. The van der Waals surface area contributed by atoms with Crippen LogP contribution >= 0.6 is 23.2 Å². The summed E-state index contributed by atoms with van der Waals surface area (Å²) < 4.78 is 22.0. The minimum atomic E-state index is -4.20. The molecule has 0 saturated carbocycles. The summed E-state index contributed by atoms with van der Waals surface area (Å²) in [5.74, 6) is 0. The van der Waals surface area contributed by atoms with Crippen molar-refractivity contribution < 1.29 is 8.22 Å². The third-order valence-corrected chi connectivity index (χ3v) is 3.45. The van der Waals surface area contributed by atoms with Gasteiger partial charge in [0.25, 0.3) is 0 Å². The maximum absolute atomic E-state index is 11.7. The van der Waals surface area contributed by atoms with Crippen molar-refractivity contribution >= 4 is 31.9 Å². The summed E-state index contributed by atoms with van der Waals surface area (Å²) in [5, 5.41) is 0. The molecule has 0 atom stereocenters. The highest BCUT2D eigenvalue weighted by atomic mass is 35.5.